The van der Waals surface area contributed by atoms with Gasteiger partial charge in [0.1, 0.15) is 5.75 Å². The van der Waals surface area contributed by atoms with Crippen LogP contribution in [0.15, 0.2) is 24.3 Å². The molecule has 0 aliphatic rings. The number of para-hydroxylation sites is 2. The summed E-state index contributed by atoms with van der Waals surface area (Å²) in [5.74, 6) is 1.14. The van der Waals surface area contributed by atoms with Crippen molar-refractivity contribution in [3.05, 3.63) is 24.3 Å². The molecule has 0 aromatic heterocycles. The van der Waals surface area contributed by atoms with Crippen LogP contribution < -0.4 is 10.1 Å². The maximum atomic E-state index is 9.58. The predicted molar refractivity (Wildman–Crippen MR) is 76.1 cm³/mol. The molecule has 2 atom stereocenters. The molecule has 0 bridgehead atoms. The van der Waals surface area contributed by atoms with Gasteiger partial charge in [-0.3, -0.25) is 0 Å². The highest BCUT2D eigenvalue weighted by molar-refractivity contribution is 5.56. The third-order valence-corrected chi connectivity index (χ3v) is 3.61. The fraction of sp³-hybridized carbons (Fsp3) is 0.600. The molecule has 0 amide bonds. The van der Waals surface area contributed by atoms with Gasteiger partial charge in [-0.2, -0.15) is 0 Å². The van der Waals surface area contributed by atoms with Crippen LogP contribution in [0.4, 0.5) is 5.69 Å². The van der Waals surface area contributed by atoms with Gasteiger partial charge in [0.15, 0.2) is 0 Å². The molecule has 0 saturated heterocycles. The van der Waals surface area contributed by atoms with Crippen LogP contribution in [0.25, 0.3) is 0 Å². The molecule has 3 heteroatoms. The fourth-order valence-corrected chi connectivity index (χ4v) is 1.90. The van der Waals surface area contributed by atoms with Crippen LogP contribution >= 0.6 is 0 Å². The summed E-state index contributed by atoms with van der Waals surface area (Å²) in [6.07, 6.45) is 0. The zero-order valence-corrected chi connectivity index (χ0v) is 12.0. The monoisotopic (exact) mass is 251 g/mol. The van der Waals surface area contributed by atoms with Crippen LogP contribution in [0, 0.1) is 11.3 Å². The summed E-state index contributed by atoms with van der Waals surface area (Å²) in [7, 11) is 1.65. The van der Waals surface area contributed by atoms with Gasteiger partial charge in [-0.15, -0.1) is 0 Å². The Balaban J connectivity index is 2.86. The molecule has 2 unspecified atom stereocenters. The largest absolute Gasteiger partial charge is 0.495 e. The molecule has 18 heavy (non-hydrogen) atoms. The maximum absolute atomic E-state index is 9.58. The SMILES string of the molecule is COc1ccccc1NC(CO)C(C)C(C)(C)C. The highest BCUT2D eigenvalue weighted by atomic mass is 16.5. The maximum Gasteiger partial charge on any atom is 0.141 e. The van der Waals surface area contributed by atoms with E-state index in [0.717, 1.165) is 11.4 Å². The van der Waals surface area contributed by atoms with Gasteiger partial charge in [-0.1, -0.05) is 39.8 Å². The van der Waals surface area contributed by atoms with Crippen molar-refractivity contribution in [2.45, 2.75) is 33.7 Å². The molecule has 0 aliphatic heterocycles. The first-order chi connectivity index (χ1) is 8.40. The first-order valence-corrected chi connectivity index (χ1v) is 6.40. The minimum atomic E-state index is 0.0151. The summed E-state index contributed by atoms with van der Waals surface area (Å²) >= 11 is 0. The quantitative estimate of drug-likeness (QED) is 0.844. The number of aliphatic hydroxyl groups is 1. The molecule has 1 aromatic carbocycles. The first kappa shape index (κ1) is 14.8. The summed E-state index contributed by atoms with van der Waals surface area (Å²) in [5, 5.41) is 13.0. The van der Waals surface area contributed by atoms with Crippen molar-refractivity contribution in [1.82, 2.24) is 0 Å². The third-order valence-electron chi connectivity index (χ3n) is 3.61. The Morgan fingerprint density at radius 2 is 1.89 bits per heavy atom. The van der Waals surface area contributed by atoms with Crippen LogP contribution in [0.3, 0.4) is 0 Å². The van der Waals surface area contributed by atoms with Gasteiger partial charge in [-0.25, -0.2) is 0 Å². The molecule has 0 heterocycles. The number of ether oxygens (including phenoxy) is 1. The second-order valence-corrected chi connectivity index (χ2v) is 5.79. The Morgan fingerprint density at radius 1 is 1.28 bits per heavy atom. The average Bonchev–Trinajstić information content (AvgIpc) is 2.34. The Labute approximate surface area is 110 Å². The topological polar surface area (TPSA) is 41.5 Å². The molecule has 0 spiro atoms. The average molecular weight is 251 g/mol. The Kier molecular flexibility index (Phi) is 5.03. The first-order valence-electron chi connectivity index (χ1n) is 6.40. The van der Waals surface area contributed by atoms with Crippen molar-refractivity contribution >= 4 is 5.69 Å². The van der Waals surface area contributed by atoms with E-state index in [1.807, 2.05) is 24.3 Å². The molecular formula is C15H25NO2. The van der Waals surface area contributed by atoms with Crippen molar-refractivity contribution in [3.8, 4) is 5.75 Å². The van der Waals surface area contributed by atoms with Crippen LogP contribution in [-0.4, -0.2) is 24.9 Å². The molecule has 1 rings (SSSR count). The van der Waals surface area contributed by atoms with E-state index in [4.69, 9.17) is 4.74 Å². The lowest BCUT2D eigenvalue weighted by Crippen LogP contribution is -2.38. The highest BCUT2D eigenvalue weighted by Crippen LogP contribution is 2.31. The summed E-state index contributed by atoms with van der Waals surface area (Å²) in [5.41, 5.74) is 1.07. The molecule has 1 aromatic rings. The summed E-state index contributed by atoms with van der Waals surface area (Å²) in [6.45, 7) is 8.82. The number of anilines is 1. The van der Waals surface area contributed by atoms with Crippen molar-refractivity contribution in [2.24, 2.45) is 11.3 Å². The Morgan fingerprint density at radius 3 is 2.39 bits per heavy atom. The molecular weight excluding hydrogens is 226 g/mol. The molecule has 0 fully saturated rings. The second kappa shape index (κ2) is 6.10. The van der Waals surface area contributed by atoms with E-state index in [-0.39, 0.29) is 18.1 Å². The molecule has 0 aliphatic carbocycles. The lowest BCUT2D eigenvalue weighted by atomic mass is 9.77. The van der Waals surface area contributed by atoms with E-state index in [1.165, 1.54) is 0 Å². The smallest absolute Gasteiger partial charge is 0.141 e. The molecule has 3 nitrogen and oxygen atoms in total. The minimum Gasteiger partial charge on any atom is -0.495 e. The summed E-state index contributed by atoms with van der Waals surface area (Å²) < 4.78 is 5.31. The zero-order valence-electron chi connectivity index (χ0n) is 12.0. The second-order valence-electron chi connectivity index (χ2n) is 5.79. The minimum absolute atomic E-state index is 0.0151. The van der Waals surface area contributed by atoms with E-state index in [2.05, 4.69) is 33.0 Å². The standard InChI is InChI=1S/C15H25NO2/c1-11(15(2,3)4)13(10-17)16-12-8-6-7-9-14(12)18-5/h6-9,11,13,16-17H,10H2,1-5H3. The van der Waals surface area contributed by atoms with Gasteiger partial charge in [0.05, 0.1) is 25.4 Å². The Bertz CT molecular complexity index is 371. The lowest BCUT2D eigenvalue weighted by Gasteiger charge is -2.34. The number of methoxy groups -OCH3 is 1. The molecule has 102 valence electrons. The van der Waals surface area contributed by atoms with Gasteiger partial charge >= 0.3 is 0 Å². The van der Waals surface area contributed by atoms with Crippen molar-refractivity contribution in [3.63, 3.8) is 0 Å². The van der Waals surface area contributed by atoms with E-state index in [0.29, 0.717) is 5.92 Å². The van der Waals surface area contributed by atoms with Crippen molar-refractivity contribution in [1.29, 1.82) is 0 Å². The normalized spacial score (nSPS) is 15.0. The number of rotatable bonds is 5. The van der Waals surface area contributed by atoms with E-state index >= 15 is 0 Å². The zero-order chi connectivity index (χ0) is 13.8. The lowest BCUT2D eigenvalue weighted by molar-refractivity contribution is 0.169. The van der Waals surface area contributed by atoms with E-state index in [1.54, 1.807) is 7.11 Å². The van der Waals surface area contributed by atoms with Crippen LogP contribution in [0.2, 0.25) is 0 Å². The van der Waals surface area contributed by atoms with Crippen molar-refractivity contribution < 1.29 is 9.84 Å². The third kappa shape index (κ3) is 3.64. The van der Waals surface area contributed by atoms with Crippen LogP contribution in [0.5, 0.6) is 5.75 Å². The van der Waals surface area contributed by atoms with Gasteiger partial charge in [0, 0.05) is 0 Å². The molecule has 2 N–H and O–H groups in total. The summed E-state index contributed by atoms with van der Waals surface area (Å²) in [4.78, 5) is 0. The molecule has 0 radical (unpaired) electrons. The van der Waals surface area contributed by atoms with Crippen LogP contribution in [-0.2, 0) is 0 Å². The number of aliphatic hydroxyl groups excluding tert-OH is 1. The molecule has 0 saturated carbocycles. The number of benzene rings is 1. The fourth-order valence-electron chi connectivity index (χ4n) is 1.90. The van der Waals surface area contributed by atoms with Gasteiger partial charge in [-0.05, 0) is 23.5 Å². The predicted octanol–water partition coefficient (Wildman–Crippen LogP) is 3.15. The number of hydrogen-bond acceptors (Lipinski definition) is 3. The number of hydrogen-bond donors (Lipinski definition) is 2. The van der Waals surface area contributed by atoms with Gasteiger partial charge < -0.3 is 15.2 Å². The van der Waals surface area contributed by atoms with Crippen molar-refractivity contribution in [2.75, 3.05) is 19.0 Å². The van der Waals surface area contributed by atoms with E-state index in [9.17, 15) is 5.11 Å². The van der Waals surface area contributed by atoms with Crippen LogP contribution in [0.1, 0.15) is 27.7 Å². The van der Waals surface area contributed by atoms with Gasteiger partial charge in [0.2, 0.25) is 0 Å². The number of nitrogens with one attached hydrogen (secondary N) is 1. The van der Waals surface area contributed by atoms with Gasteiger partial charge in [0.25, 0.3) is 0 Å². The summed E-state index contributed by atoms with van der Waals surface area (Å²) in [6, 6.07) is 7.79. The Hall–Kier alpha value is -1.22. The highest BCUT2D eigenvalue weighted by Gasteiger charge is 2.28. The van der Waals surface area contributed by atoms with E-state index < -0.39 is 0 Å².